The van der Waals surface area contributed by atoms with Crippen LogP contribution in [0.25, 0.3) is 11.4 Å². The number of nitrogens with one attached hydrogen (secondary N) is 2. The molecule has 1 fully saturated rings. The number of fused-ring (bicyclic) bond motifs is 2. The number of hydrogen-bond acceptors (Lipinski definition) is 7. The predicted molar refractivity (Wildman–Crippen MR) is 168 cm³/mol. The molecule has 0 radical (unpaired) electrons. The molecule has 0 bridgehead atoms. The van der Waals surface area contributed by atoms with Crippen LogP contribution in [0.3, 0.4) is 0 Å². The smallest absolute Gasteiger partial charge is 0.254 e. The van der Waals surface area contributed by atoms with Gasteiger partial charge in [-0.25, -0.2) is 0 Å². The molecule has 45 heavy (non-hydrogen) atoms. The summed E-state index contributed by atoms with van der Waals surface area (Å²) in [4.78, 5) is 59.4. The Bertz CT molecular complexity index is 1540. The van der Waals surface area contributed by atoms with Crippen LogP contribution < -0.4 is 10.6 Å². The van der Waals surface area contributed by atoms with Crippen molar-refractivity contribution in [3.8, 4) is 11.4 Å². The zero-order chi connectivity index (χ0) is 32.0. The summed E-state index contributed by atoms with van der Waals surface area (Å²) in [5.41, 5.74) is 1.80. The second-order valence-corrected chi connectivity index (χ2v) is 12.3. The highest BCUT2D eigenvalue weighted by Crippen LogP contribution is 2.36. The van der Waals surface area contributed by atoms with E-state index in [1.165, 1.54) is 14.6 Å². The molecule has 4 amide bonds. The largest absolute Gasteiger partial charge is 0.354 e. The van der Waals surface area contributed by atoms with Crippen LogP contribution in [0, 0.1) is 5.92 Å². The zero-order valence-electron chi connectivity index (χ0n) is 26.3. The van der Waals surface area contributed by atoms with E-state index in [9.17, 15) is 19.2 Å². The zero-order valence-corrected chi connectivity index (χ0v) is 26.3. The van der Waals surface area contributed by atoms with E-state index < -0.39 is 11.4 Å². The molecule has 3 aromatic rings. The first-order chi connectivity index (χ1) is 21.7. The first-order valence-electron chi connectivity index (χ1n) is 15.8. The Kier molecular flexibility index (Phi) is 9.90. The van der Waals surface area contributed by atoms with Crippen molar-refractivity contribution in [1.29, 1.82) is 0 Å². The number of hydrogen-bond donors (Lipinski definition) is 2. The molecule has 12 heteroatoms. The van der Waals surface area contributed by atoms with Crippen LogP contribution in [0.2, 0.25) is 0 Å². The first-order valence-corrected chi connectivity index (χ1v) is 15.8. The Hall–Kier alpha value is -4.61. The van der Waals surface area contributed by atoms with E-state index in [2.05, 4.69) is 39.9 Å². The summed E-state index contributed by atoms with van der Waals surface area (Å²) in [6.45, 7) is 4.83. The standard InChI is InChI=1S/C33H42N8O4/c1-23(2)16-20-40-21-28(42)35-33(17-8-10-24-9-4-5-11-27(24)33)32(45)34-18-6-7-19-41(22-29(40)43)31(44)26-14-12-25(13-15-26)30-36-38-39(3)37-30/h4-5,9,11-15,23H,6-8,10,16-22H2,1-3H3,(H,34,45)(H,35,42). The van der Waals surface area contributed by atoms with Crippen LogP contribution in [0.15, 0.2) is 48.5 Å². The number of aromatic nitrogens is 4. The Labute approximate surface area is 263 Å². The lowest BCUT2D eigenvalue weighted by atomic mass is 9.75. The van der Waals surface area contributed by atoms with E-state index in [0.29, 0.717) is 62.6 Å². The van der Waals surface area contributed by atoms with Crippen molar-refractivity contribution in [3.63, 3.8) is 0 Å². The Morgan fingerprint density at radius 2 is 1.78 bits per heavy atom. The molecule has 2 aromatic carbocycles. The van der Waals surface area contributed by atoms with Crippen molar-refractivity contribution in [3.05, 3.63) is 65.2 Å². The predicted octanol–water partition coefficient (Wildman–Crippen LogP) is 2.45. The van der Waals surface area contributed by atoms with Gasteiger partial charge in [-0.2, -0.15) is 4.80 Å². The quantitative estimate of drug-likeness (QED) is 0.450. The molecule has 2 heterocycles. The molecule has 1 aromatic heterocycles. The van der Waals surface area contributed by atoms with Gasteiger partial charge in [-0.05, 0) is 72.9 Å². The normalized spacial score (nSPS) is 20.0. The van der Waals surface area contributed by atoms with Crippen molar-refractivity contribution in [2.45, 2.75) is 57.9 Å². The molecule has 5 rings (SSSR count). The third-order valence-electron chi connectivity index (χ3n) is 8.53. The fraction of sp³-hybridized carbons (Fsp3) is 0.485. The number of tetrazole rings is 1. The lowest BCUT2D eigenvalue weighted by Gasteiger charge is -2.39. The van der Waals surface area contributed by atoms with E-state index in [1.54, 1.807) is 31.3 Å². The maximum absolute atomic E-state index is 13.8. The number of nitrogens with zero attached hydrogens (tertiary/aromatic N) is 6. The summed E-state index contributed by atoms with van der Waals surface area (Å²) < 4.78 is 0. The lowest BCUT2D eigenvalue weighted by molar-refractivity contribution is -0.139. The molecule has 2 aliphatic rings. The van der Waals surface area contributed by atoms with Gasteiger partial charge in [-0.1, -0.05) is 50.2 Å². The van der Waals surface area contributed by atoms with Gasteiger partial charge in [0.1, 0.15) is 12.1 Å². The second kappa shape index (κ2) is 14.0. The Morgan fingerprint density at radius 3 is 2.51 bits per heavy atom. The van der Waals surface area contributed by atoms with Crippen LogP contribution in [0.1, 0.15) is 67.4 Å². The SMILES string of the molecule is CC(C)CCN1CC(=O)NC2(CCCc3ccccc32)C(=O)NCCCCN(C(=O)c2ccc(-c3nnn(C)n3)cc2)CC1=O. The highest BCUT2D eigenvalue weighted by Gasteiger charge is 2.44. The minimum absolute atomic E-state index is 0.155. The first kappa shape index (κ1) is 31.8. The summed E-state index contributed by atoms with van der Waals surface area (Å²) in [5.74, 6) is -0.489. The number of carbonyl (C=O) groups excluding carboxylic acids is 4. The average molecular weight is 615 g/mol. The van der Waals surface area contributed by atoms with Gasteiger partial charge in [-0.15, -0.1) is 10.2 Å². The maximum Gasteiger partial charge on any atom is 0.254 e. The van der Waals surface area contributed by atoms with Gasteiger partial charge in [-0.3, -0.25) is 19.2 Å². The molecular formula is C33H42N8O4. The molecule has 2 N–H and O–H groups in total. The summed E-state index contributed by atoms with van der Waals surface area (Å²) in [5, 5.41) is 18.2. The van der Waals surface area contributed by atoms with E-state index in [0.717, 1.165) is 29.5 Å². The van der Waals surface area contributed by atoms with Crippen LogP contribution in [-0.4, -0.2) is 86.4 Å². The number of aryl methyl sites for hydroxylation is 2. The molecule has 1 saturated heterocycles. The Morgan fingerprint density at radius 1 is 1.00 bits per heavy atom. The van der Waals surface area contributed by atoms with Gasteiger partial charge in [0.25, 0.3) is 5.91 Å². The van der Waals surface area contributed by atoms with Crippen molar-refractivity contribution < 1.29 is 19.2 Å². The molecule has 12 nitrogen and oxygen atoms in total. The van der Waals surface area contributed by atoms with E-state index in [4.69, 9.17) is 0 Å². The Balaban J connectivity index is 1.39. The van der Waals surface area contributed by atoms with Gasteiger partial charge in [0, 0.05) is 30.8 Å². The second-order valence-electron chi connectivity index (χ2n) is 12.3. The molecule has 1 aliphatic heterocycles. The molecule has 1 aliphatic carbocycles. The minimum Gasteiger partial charge on any atom is -0.354 e. The fourth-order valence-electron chi connectivity index (χ4n) is 6.05. The van der Waals surface area contributed by atoms with Gasteiger partial charge in [0.15, 0.2) is 0 Å². The van der Waals surface area contributed by atoms with Crippen LogP contribution in [0.5, 0.6) is 0 Å². The van der Waals surface area contributed by atoms with Crippen LogP contribution in [0.4, 0.5) is 0 Å². The fourth-order valence-corrected chi connectivity index (χ4v) is 6.05. The van der Waals surface area contributed by atoms with E-state index in [1.807, 2.05) is 24.3 Å². The van der Waals surface area contributed by atoms with E-state index in [-0.39, 0.29) is 30.8 Å². The summed E-state index contributed by atoms with van der Waals surface area (Å²) in [6.07, 6.45) is 3.96. The third-order valence-corrected chi connectivity index (χ3v) is 8.53. The summed E-state index contributed by atoms with van der Waals surface area (Å²) >= 11 is 0. The lowest BCUT2D eigenvalue weighted by Crippen LogP contribution is -2.60. The summed E-state index contributed by atoms with van der Waals surface area (Å²) in [6, 6.07) is 14.6. The van der Waals surface area contributed by atoms with Gasteiger partial charge >= 0.3 is 0 Å². The highest BCUT2D eigenvalue weighted by atomic mass is 16.2. The molecule has 1 unspecified atom stereocenters. The third kappa shape index (κ3) is 7.38. The van der Waals surface area contributed by atoms with Crippen LogP contribution in [-0.2, 0) is 33.4 Å². The van der Waals surface area contributed by atoms with Crippen molar-refractivity contribution >= 4 is 23.6 Å². The van der Waals surface area contributed by atoms with E-state index >= 15 is 0 Å². The topological polar surface area (TPSA) is 142 Å². The molecule has 1 spiro atoms. The molecule has 0 saturated carbocycles. The molecular weight excluding hydrogens is 572 g/mol. The monoisotopic (exact) mass is 614 g/mol. The number of benzene rings is 2. The van der Waals surface area contributed by atoms with Crippen LogP contribution >= 0.6 is 0 Å². The highest BCUT2D eigenvalue weighted by molar-refractivity contribution is 5.98. The van der Waals surface area contributed by atoms with Crippen molar-refractivity contribution in [2.75, 3.05) is 32.7 Å². The summed E-state index contributed by atoms with van der Waals surface area (Å²) in [7, 11) is 1.68. The van der Waals surface area contributed by atoms with Gasteiger partial charge in [0.2, 0.25) is 23.5 Å². The van der Waals surface area contributed by atoms with Crippen molar-refractivity contribution in [1.82, 2.24) is 40.6 Å². The van der Waals surface area contributed by atoms with Crippen molar-refractivity contribution in [2.24, 2.45) is 13.0 Å². The molecule has 238 valence electrons. The molecule has 1 atom stereocenters. The number of carbonyl (C=O) groups is 4. The average Bonchev–Trinajstić information content (AvgIpc) is 3.47. The minimum atomic E-state index is -1.20. The van der Waals surface area contributed by atoms with Gasteiger partial charge in [0.05, 0.1) is 13.6 Å². The van der Waals surface area contributed by atoms with Gasteiger partial charge < -0.3 is 20.4 Å². The maximum atomic E-state index is 13.8. The number of rotatable bonds is 5. The number of amides is 4.